The van der Waals surface area contributed by atoms with Crippen LogP contribution in [0.5, 0.6) is 0 Å². The number of benzene rings is 2. The highest BCUT2D eigenvalue weighted by molar-refractivity contribution is 5.87. The van der Waals surface area contributed by atoms with Gasteiger partial charge in [-0.15, -0.1) is 12.4 Å². The molecule has 0 aliphatic carbocycles. The molecule has 1 heterocycles. The van der Waals surface area contributed by atoms with Crippen LogP contribution in [0.15, 0.2) is 42.5 Å². The maximum absolute atomic E-state index is 12.9. The molecule has 1 atom stereocenters. The molecule has 1 amide bonds. The predicted octanol–water partition coefficient (Wildman–Crippen LogP) is 3.72. The number of fused-ring (bicyclic) bond motifs is 1. The molecule has 1 aliphatic heterocycles. The van der Waals surface area contributed by atoms with Crippen LogP contribution in [0.1, 0.15) is 37.7 Å². The van der Waals surface area contributed by atoms with E-state index in [0.717, 1.165) is 44.5 Å². The molecule has 1 fully saturated rings. The molecule has 26 heavy (non-hydrogen) atoms. The number of halogens is 1. The average molecular weight is 377 g/mol. The van der Waals surface area contributed by atoms with Crippen molar-refractivity contribution in [2.45, 2.75) is 38.2 Å². The van der Waals surface area contributed by atoms with Crippen LogP contribution in [0.2, 0.25) is 0 Å². The van der Waals surface area contributed by atoms with E-state index in [4.69, 9.17) is 10.5 Å². The van der Waals surface area contributed by atoms with E-state index in [1.807, 2.05) is 24.0 Å². The molecule has 1 saturated heterocycles. The zero-order valence-electron chi connectivity index (χ0n) is 15.4. The highest BCUT2D eigenvalue weighted by atomic mass is 35.5. The van der Waals surface area contributed by atoms with Crippen LogP contribution in [0.4, 0.5) is 0 Å². The molecule has 0 radical (unpaired) electrons. The third-order valence-corrected chi connectivity index (χ3v) is 5.10. The van der Waals surface area contributed by atoms with Gasteiger partial charge in [-0.1, -0.05) is 42.5 Å². The van der Waals surface area contributed by atoms with Gasteiger partial charge in [0.15, 0.2) is 0 Å². The zero-order chi connectivity index (χ0) is 17.6. The third kappa shape index (κ3) is 4.97. The minimum absolute atomic E-state index is 0. The normalized spacial score (nSPS) is 16.3. The highest BCUT2D eigenvalue weighted by Crippen LogP contribution is 2.25. The first-order chi connectivity index (χ1) is 12.2. The Hall–Kier alpha value is -1.62. The van der Waals surface area contributed by atoms with Crippen LogP contribution >= 0.6 is 12.4 Å². The van der Waals surface area contributed by atoms with Crippen molar-refractivity contribution in [1.29, 1.82) is 0 Å². The first-order valence-electron chi connectivity index (χ1n) is 9.28. The molecule has 0 aromatic heterocycles. The Kier molecular flexibility index (Phi) is 7.88. The number of nitrogens with two attached hydrogens (primary N) is 1. The van der Waals surface area contributed by atoms with Crippen LogP contribution in [-0.2, 0) is 9.53 Å². The van der Waals surface area contributed by atoms with Gasteiger partial charge in [0.25, 0.3) is 0 Å². The molecular formula is C21H29ClN2O2. The summed E-state index contributed by atoms with van der Waals surface area (Å²) in [6.45, 7) is 4.97. The van der Waals surface area contributed by atoms with Gasteiger partial charge in [0.05, 0.1) is 12.0 Å². The fourth-order valence-corrected chi connectivity index (χ4v) is 3.47. The van der Waals surface area contributed by atoms with Gasteiger partial charge in [0.2, 0.25) is 5.91 Å². The lowest BCUT2D eigenvalue weighted by Gasteiger charge is -2.33. The molecule has 2 aromatic rings. The van der Waals surface area contributed by atoms with E-state index < -0.39 is 0 Å². The van der Waals surface area contributed by atoms with E-state index in [0.29, 0.717) is 6.54 Å². The molecule has 3 rings (SSSR count). The van der Waals surface area contributed by atoms with Crippen molar-refractivity contribution in [3.05, 3.63) is 48.0 Å². The number of hydrogen-bond acceptors (Lipinski definition) is 3. The van der Waals surface area contributed by atoms with Crippen molar-refractivity contribution in [3.63, 3.8) is 0 Å². The van der Waals surface area contributed by atoms with Gasteiger partial charge < -0.3 is 15.4 Å². The van der Waals surface area contributed by atoms with Crippen molar-refractivity contribution in [2.75, 3.05) is 26.2 Å². The Morgan fingerprint density at radius 2 is 1.88 bits per heavy atom. The summed E-state index contributed by atoms with van der Waals surface area (Å²) in [5.74, 6) is 0.106. The fraction of sp³-hybridized carbons (Fsp3) is 0.476. The highest BCUT2D eigenvalue weighted by Gasteiger charge is 2.27. The number of ether oxygens (including phenoxy) is 1. The number of carbonyl (C=O) groups excluding carboxylic acids is 1. The largest absolute Gasteiger partial charge is 0.378 e. The Morgan fingerprint density at radius 3 is 2.58 bits per heavy atom. The van der Waals surface area contributed by atoms with Gasteiger partial charge in [-0.2, -0.15) is 0 Å². The number of amides is 1. The molecule has 1 unspecified atom stereocenters. The van der Waals surface area contributed by atoms with E-state index in [1.54, 1.807) is 0 Å². The second-order valence-electron chi connectivity index (χ2n) is 6.87. The summed E-state index contributed by atoms with van der Waals surface area (Å²) in [6, 6.07) is 14.6. The second-order valence-corrected chi connectivity index (χ2v) is 6.87. The molecule has 0 spiro atoms. The van der Waals surface area contributed by atoms with E-state index in [1.165, 1.54) is 10.8 Å². The van der Waals surface area contributed by atoms with Gasteiger partial charge in [-0.05, 0) is 49.1 Å². The number of hydrogen-bond donors (Lipinski definition) is 1. The standard InChI is InChI=1S/C21H28N2O2.ClH/c1-16(18-8-7-17-5-2-3-6-19(17)15-18)21(24)23-12-9-20(10-13-23)25-14-4-11-22;/h2-3,5-8,15-16,20H,4,9-14,22H2,1H3;1H. The number of piperidine rings is 1. The predicted molar refractivity (Wildman–Crippen MR) is 109 cm³/mol. The summed E-state index contributed by atoms with van der Waals surface area (Å²) in [7, 11) is 0. The summed E-state index contributed by atoms with van der Waals surface area (Å²) in [4.78, 5) is 14.9. The first-order valence-corrected chi connectivity index (χ1v) is 9.28. The third-order valence-electron chi connectivity index (χ3n) is 5.10. The van der Waals surface area contributed by atoms with Crippen molar-refractivity contribution in [2.24, 2.45) is 5.73 Å². The molecule has 2 aromatic carbocycles. The maximum Gasteiger partial charge on any atom is 0.229 e. The minimum atomic E-state index is -0.112. The van der Waals surface area contributed by atoms with Crippen molar-refractivity contribution < 1.29 is 9.53 Å². The van der Waals surface area contributed by atoms with Crippen LogP contribution in [-0.4, -0.2) is 43.2 Å². The van der Waals surface area contributed by atoms with Crippen molar-refractivity contribution in [3.8, 4) is 0 Å². The molecule has 4 nitrogen and oxygen atoms in total. The summed E-state index contributed by atoms with van der Waals surface area (Å²) >= 11 is 0. The average Bonchev–Trinajstić information content (AvgIpc) is 2.67. The summed E-state index contributed by atoms with van der Waals surface area (Å²) in [5, 5.41) is 2.40. The molecule has 1 aliphatic rings. The lowest BCUT2D eigenvalue weighted by Crippen LogP contribution is -2.42. The number of carbonyl (C=O) groups is 1. The summed E-state index contributed by atoms with van der Waals surface area (Å²) in [6.07, 6.45) is 3.01. The maximum atomic E-state index is 12.9. The van der Waals surface area contributed by atoms with Crippen LogP contribution < -0.4 is 5.73 Å². The lowest BCUT2D eigenvalue weighted by molar-refractivity contribution is -0.135. The molecule has 0 saturated carbocycles. The van der Waals surface area contributed by atoms with E-state index in [2.05, 4.69) is 30.3 Å². The van der Waals surface area contributed by atoms with E-state index >= 15 is 0 Å². The fourth-order valence-electron chi connectivity index (χ4n) is 3.47. The smallest absolute Gasteiger partial charge is 0.229 e. The van der Waals surface area contributed by atoms with Gasteiger partial charge in [0.1, 0.15) is 0 Å². The van der Waals surface area contributed by atoms with E-state index in [-0.39, 0.29) is 30.3 Å². The van der Waals surface area contributed by atoms with E-state index in [9.17, 15) is 4.79 Å². The zero-order valence-corrected chi connectivity index (χ0v) is 16.2. The van der Waals surface area contributed by atoms with Crippen molar-refractivity contribution >= 4 is 29.1 Å². The lowest BCUT2D eigenvalue weighted by atomic mass is 9.95. The van der Waals surface area contributed by atoms with Gasteiger partial charge >= 0.3 is 0 Å². The SMILES string of the molecule is CC(C(=O)N1CCC(OCCCN)CC1)c1ccc2ccccc2c1.Cl. The molecular weight excluding hydrogens is 348 g/mol. The molecule has 0 bridgehead atoms. The van der Waals surface area contributed by atoms with Crippen LogP contribution in [0, 0.1) is 0 Å². The number of likely N-dealkylation sites (tertiary alicyclic amines) is 1. The Bertz CT molecular complexity index is 714. The Labute approximate surface area is 162 Å². The van der Waals surface area contributed by atoms with Crippen LogP contribution in [0.25, 0.3) is 10.8 Å². The molecule has 142 valence electrons. The quantitative estimate of drug-likeness (QED) is 0.781. The molecule has 5 heteroatoms. The molecule has 2 N–H and O–H groups in total. The van der Waals surface area contributed by atoms with Gasteiger partial charge in [-0.3, -0.25) is 4.79 Å². The van der Waals surface area contributed by atoms with Gasteiger partial charge in [0, 0.05) is 19.7 Å². The van der Waals surface area contributed by atoms with Crippen molar-refractivity contribution in [1.82, 2.24) is 4.90 Å². The topological polar surface area (TPSA) is 55.6 Å². The van der Waals surface area contributed by atoms with Gasteiger partial charge in [-0.25, -0.2) is 0 Å². The number of rotatable bonds is 6. The summed E-state index contributed by atoms with van der Waals surface area (Å²) < 4.78 is 5.83. The second kappa shape index (κ2) is 9.91. The number of nitrogens with zero attached hydrogens (tertiary/aromatic N) is 1. The Morgan fingerprint density at radius 1 is 1.19 bits per heavy atom. The first kappa shape index (κ1) is 20.7. The Balaban J connectivity index is 0.00000243. The summed E-state index contributed by atoms with van der Waals surface area (Å²) in [5.41, 5.74) is 6.58. The monoisotopic (exact) mass is 376 g/mol. The minimum Gasteiger partial charge on any atom is -0.378 e. The van der Waals surface area contributed by atoms with Crippen LogP contribution in [0.3, 0.4) is 0 Å².